The van der Waals surface area contributed by atoms with Gasteiger partial charge in [0.25, 0.3) is 0 Å². The van der Waals surface area contributed by atoms with Crippen molar-refractivity contribution in [1.29, 1.82) is 0 Å². The molecule has 0 aromatic rings. The minimum absolute atomic E-state index is 0.0551. The fourth-order valence-electron chi connectivity index (χ4n) is 4.01. The van der Waals surface area contributed by atoms with E-state index in [-0.39, 0.29) is 16.6 Å². The van der Waals surface area contributed by atoms with Gasteiger partial charge in [-0.15, -0.1) is 0 Å². The molecular formula is C16H26N2O2S. The van der Waals surface area contributed by atoms with E-state index in [2.05, 4.69) is 11.6 Å². The summed E-state index contributed by atoms with van der Waals surface area (Å²) >= 11 is 1.90. The van der Waals surface area contributed by atoms with Gasteiger partial charge in [0.1, 0.15) is 5.54 Å². The maximum absolute atomic E-state index is 13.1. The first-order valence-electron chi connectivity index (χ1n) is 8.25. The van der Waals surface area contributed by atoms with Gasteiger partial charge in [-0.2, -0.15) is 11.8 Å². The number of hydrogen-bond donors (Lipinski definition) is 1. The molecule has 118 valence electrons. The van der Waals surface area contributed by atoms with Crippen LogP contribution in [0, 0.1) is 0 Å². The van der Waals surface area contributed by atoms with Crippen LogP contribution in [0.1, 0.15) is 57.8 Å². The fraction of sp³-hybridized carbons (Fsp3) is 0.875. The normalized spacial score (nSPS) is 28.0. The lowest BCUT2D eigenvalue weighted by Gasteiger charge is -2.45. The Morgan fingerprint density at radius 3 is 2.38 bits per heavy atom. The van der Waals surface area contributed by atoms with Crippen molar-refractivity contribution in [3.8, 4) is 0 Å². The van der Waals surface area contributed by atoms with Crippen LogP contribution in [0.25, 0.3) is 0 Å². The highest BCUT2D eigenvalue weighted by atomic mass is 32.2. The van der Waals surface area contributed by atoms with Crippen molar-refractivity contribution in [2.75, 3.05) is 19.3 Å². The number of amides is 2. The molecule has 2 aliphatic carbocycles. The van der Waals surface area contributed by atoms with E-state index in [1.54, 1.807) is 0 Å². The molecule has 3 aliphatic rings. The van der Waals surface area contributed by atoms with Crippen molar-refractivity contribution in [2.24, 2.45) is 0 Å². The van der Waals surface area contributed by atoms with Crippen molar-refractivity contribution in [3.63, 3.8) is 0 Å². The van der Waals surface area contributed by atoms with Gasteiger partial charge in [0, 0.05) is 24.3 Å². The fourth-order valence-corrected chi connectivity index (χ4v) is 5.00. The number of thioether (sulfide) groups is 1. The largest absolute Gasteiger partial charge is 0.342 e. The highest BCUT2D eigenvalue weighted by molar-refractivity contribution is 8.00. The lowest BCUT2D eigenvalue weighted by molar-refractivity contribution is -0.141. The molecule has 1 N–H and O–H groups in total. The predicted molar refractivity (Wildman–Crippen MR) is 85.3 cm³/mol. The minimum atomic E-state index is -0.588. The Morgan fingerprint density at radius 2 is 1.81 bits per heavy atom. The molecule has 4 nitrogen and oxygen atoms in total. The quantitative estimate of drug-likeness (QED) is 0.870. The van der Waals surface area contributed by atoms with Gasteiger partial charge in [0.15, 0.2) is 0 Å². The number of carbonyl (C=O) groups is 2. The first-order chi connectivity index (χ1) is 10.1. The molecule has 0 radical (unpaired) electrons. The van der Waals surface area contributed by atoms with E-state index in [1.165, 1.54) is 25.7 Å². The number of nitrogens with zero attached hydrogens (tertiary/aromatic N) is 1. The first-order valence-corrected chi connectivity index (χ1v) is 9.47. The summed E-state index contributed by atoms with van der Waals surface area (Å²) < 4.78 is 0.249. The van der Waals surface area contributed by atoms with E-state index in [1.807, 2.05) is 16.7 Å². The van der Waals surface area contributed by atoms with E-state index in [0.717, 1.165) is 32.2 Å². The molecule has 0 bridgehead atoms. The number of nitrogens with one attached hydrogen (secondary N) is 1. The molecule has 2 saturated carbocycles. The van der Waals surface area contributed by atoms with Crippen molar-refractivity contribution >= 4 is 23.6 Å². The van der Waals surface area contributed by atoms with Gasteiger partial charge in [-0.1, -0.05) is 25.7 Å². The van der Waals surface area contributed by atoms with Crippen LogP contribution < -0.4 is 5.32 Å². The van der Waals surface area contributed by atoms with E-state index >= 15 is 0 Å². The molecule has 1 spiro atoms. The standard InChI is InChI=1S/C16H26N2O2S/c1-21-15(7-5-8-15)12-18-11-6-13(19)17-16(14(18)20)9-3-2-4-10-16/h2-12H2,1H3,(H,17,19). The van der Waals surface area contributed by atoms with Gasteiger partial charge >= 0.3 is 0 Å². The molecule has 1 aliphatic heterocycles. The van der Waals surface area contributed by atoms with Gasteiger partial charge in [0.05, 0.1) is 0 Å². The Hall–Kier alpha value is -0.710. The monoisotopic (exact) mass is 310 g/mol. The summed E-state index contributed by atoms with van der Waals surface area (Å²) in [4.78, 5) is 27.2. The third-order valence-electron chi connectivity index (χ3n) is 5.57. The summed E-state index contributed by atoms with van der Waals surface area (Å²) in [5.74, 6) is 0.243. The second-order valence-corrected chi connectivity index (χ2v) is 8.18. The van der Waals surface area contributed by atoms with Crippen LogP contribution >= 0.6 is 11.8 Å². The zero-order chi connectivity index (χ0) is 14.9. The van der Waals surface area contributed by atoms with Gasteiger partial charge in [0.2, 0.25) is 11.8 Å². The molecule has 0 unspecified atom stereocenters. The van der Waals surface area contributed by atoms with Gasteiger partial charge < -0.3 is 10.2 Å². The minimum Gasteiger partial charge on any atom is -0.342 e. The Morgan fingerprint density at radius 1 is 1.10 bits per heavy atom. The molecule has 1 saturated heterocycles. The van der Waals surface area contributed by atoms with Gasteiger partial charge in [-0.25, -0.2) is 0 Å². The number of carbonyl (C=O) groups excluding carboxylic acids is 2. The number of rotatable bonds is 3. The second kappa shape index (κ2) is 5.82. The molecule has 2 amide bonds. The smallest absolute Gasteiger partial charge is 0.248 e. The van der Waals surface area contributed by atoms with E-state index in [9.17, 15) is 9.59 Å². The average molecular weight is 310 g/mol. The summed E-state index contributed by atoms with van der Waals surface area (Å²) in [6, 6.07) is 0. The highest BCUT2D eigenvalue weighted by Crippen LogP contribution is 2.44. The van der Waals surface area contributed by atoms with Crippen LogP contribution in [0.5, 0.6) is 0 Å². The third kappa shape index (κ3) is 2.81. The van der Waals surface area contributed by atoms with E-state index in [0.29, 0.717) is 13.0 Å². The lowest BCUT2D eigenvalue weighted by Crippen LogP contribution is -2.60. The van der Waals surface area contributed by atoms with Crippen molar-refractivity contribution in [3.05, 3.63) is 0 Å². The molecule has 0 aromatic carbocycles. The molecule has 21 heavy (non-hydrogen) atoms. The van der Waals surface area contributed by atoms with Crippen molar-refractivity contribution < 1.29 is 9.59 Å². The molecule has 0 aromatic heterocycles. The van der Waals surface area contributed by atoms with Crippen LogP contribution in [0.3, 0.4) is 0 Å². The van der Waals surface area contributed by atoms with Gasteiger partial charge in [-0.3, -0.25) is 9.59 Å². The zero-order valence-corrected chi connectivity index (χ0v) is 13.8. The van der Waals surface area contributed by atoms with E-state index < -0.39 is 5.54 Å². The molecule has 5 heteroatoms. The van der Waals surface area contributed by atoms with Crippen LogP contribution in [0.4, 0.5) is 0 Å². The molecule has 3 rings (SSSR count). The van der Waals surface area contributed by atoms with Crippen LogP contribution in [0.2, 0.25) is 0 Å². The predicted octanol–water partition coefficient (Wildman–Crippen LogP) is 2.32. The maximum atomic E-state index is 13.1. The topological polar surface area (TPSA) is 49.4 Å². The summed E-state index contributed by atoms with van der Waals surface area (Å²) in [5.41, 5.74) is -0.588. The summed E-state index contributed by atoms with van der Waals surface area (Å²) in [6.07, 6.45) is 11.2. The lowest BCUT2D eigenvalue weighted by atomic mass is 9.79. The summed E-state index contributed by atoms with van der Waals surface area (Å²) in [6.45, 7) is 1.42. The Bertz CT molecular complexity index is 422. The Labute approximate surface area is 131 Å². The highest BCUT2D eigenvalue weighted by Gasteiger charge is 2.47. The number of hydrogen-bond acceptors (Lipinski definition) is 3. The van der Waals surface area contributed by atoms with E-state index in [4.69, 9.17) is 0 Å². The summed E-state index contributed by atoms with van der Waals surface area (Å²) in [7, 11) is 0. The molecule has 3 fully saturated rings. The van der Waals surface area contributed by atoms with Crippen LogP contribution in [-0.4, -0.2) is 46.3 Å². The molecule has 0 atom stereocenters. The SMILES string of the molecule is CSC1(CN2CCC(=O)NC3(CCCCC3)C2=O)CCC1. The van der Waals surface area contributed by atoms with Crippen LogP contribution in [0.15, 0.2) is 0 Å². The second-order valence-electron chi connectivity index (χ2n) is 6.91. The Kier molecular flexibility index (Phi) is 4.21. The maximum Gasteiger partial charge on any atom is 0.248 e. The average Bonchev–Trinajstić information content (AvgIpc) is 2.55. The molecule has 1 heterocycles. The molecular weight excluding hydrogens is 284 g/mol. The van der Waals surface area contributed by atoms with Gasteiger partial charge in [-0.05, 0) is 31.9 Å². The first kappa shape index (κ1) is 15.2. The third-order valence-corrected chi connectivity index (χ3v) is 6.97. The Balaban J connectivity index is 1.79. The summed E-state index contributed by atoms with van der Waals surface area (Å²) in [5, 5.41) is 3.08. The zero-order valence-electron chi connectivity index (χ0n) is 13.0. The van der Waals surface area contributed by atoms with Crippen molar-refractivity contribution in [1.82, 2.24) is 10.2 Å². The van der Waals surface area contributed by atoms with Crippen molar-refractivity contribution in [2.45, 2.75) is 68.1 Å². The van der Waals surface area contributed by atoms with Crippen LogP contribution in [-0.2, 0) is 9.59 Å².